The molecule has 0 unspecified atom stereocenters. The molecule has 0 saturated heterocycles. The lowest BCUT2D eigenvalue weighted by Crippen LogP contribution is -2.18. The van der Waals surface area contributed by atoms with Gasteiger partial charge in [0.1, 0.15) is 11.5 Å². The zero-order valence-corrected chi connectivity index (χ0v) is 21.2. The minimum atomic E-state index is -0.243. The van der Waals surface area contributed by atoms with E-state index in [-0.39, 0.29) is 36.5 Å². The molecule has 5 rings (SSSR count). The van der Waals surface area contributed by atoms with E-state index < -0.39 is 0 Å². The molecular weight excluding hydrogens is 488 g/mol. The Kier molecular flexibility index (Phi) is 7.47. The summed E-state index contributed by atoms with van der Waals surface area (Å²) in [4.78, 5) is 24.5. The first-order chi connectivity index (χ1) is 18.4. The van der Waals surface area contributed by atoms with E-state index in [0.717, 1.165) is 48.5 Å². The summed E-state index contributed by atoms with van der Waals surface area (Å²) in [5.74, 6) is 1.76. The second-order valence-electron chi connectivity index (χ2n) is 9.57. The third kappa shape index (κ3) is 6.44. The lowest BCUT2D eigenvalue weighted by Gasteiger charge is -2.28. The molecule has 2 N–H and O–H groups in total. The summed E-state index contributed by atoms with van der Waals surface area (Å²) >= 11 is 0. The SMILES string of the molecule is Cc1cc(CC(=O)Nc2ccc([C@H]3CCC[C@H](c4ccc(NC(=O)Cc5cc(C)no5)nn4)C3)nn2)on1. The van der Waals surface area contributed by atoms with Crippen LogP contribution in [0.2, 0.25) is 0 Å². The molecule has 4 heterocycles. The summed E-state index contributed by atoms with van der Waals surface area (Å²) in [7, 11) is 0. The van der Waals surface area contributed by atoms with Crippen molar-refractivity contribution in [1.82, 2.24) is 30.7 Å². The Labute approximate surface area is 218 Å². The van der Waals surface area contributed by atoms with Crippen LogP contribution in [0.25, 0.3) is 0 Å². The minimum absolute atomic E-state index is 0.0826. The fourth-order valence-electron chi connectivity index (χ4n) is 4.67. The number of aromatic nitrogens is 6. The van der Waals surface area contributed by atoms with Gasteiger partial charge >= 0.3 is 0 Å². The maximum atomic E-state index is 12.2. The molecule has 0 aliphatic heterocycles. The Hall–Kier alpha value is -4.48. The van der Waals surface area contributed by atoms with Crippen molar-refractivity contribution in [1.29, 1.82) is 0 Å². The highest BCUT2D eigenvalue weighted by molar-refractivity contribution is 5.91. The van der Waals surface area contributed by atoms with Gasteiger partial charge in [-0.05, 0) is 57.4 Å². The second-order valence-corrected chi connectivity index (χ2v) is 9.57. The number of anilines is 2. The molecule has 4 aromatic rings. The van der Waals surface area contributed by atoms with Crippen molar-refractivity contribution in [3.63, 3.8) is 0 Å². The Morgan fingerprint density at radius 2 is 1.24 bits per heavy atom. The number of amides is 2. The van der Waals surface area contributed by atoms with Crippen molar-refractivity contribution in [2.75, 3.05) is 10.6 Å². The predicted molar refractivity (Wildman–Crippen MR) is 135 cm³/mol. The zero-order chi connectivity index (χ0) is 26.5. The number of hydrogen-bond donors (Lipinski definition) is 2. The molecule has 2 amide bonds. The van der Waals surface area contributed by atoms with Crippen LogP contribution in [0.5, 0.6) is 0 Å². The highest BCUT2D eigenvalue weighted by Gasteiger charge is 2.27. The van der Waals surface area contributed by atoms with E-state index in [1.165, 1.54) is 0 Å². The molecule has 4 aromatic heterocycles. The van der Waals surface area contributed by atoms with Gasteiger partial charge < -0.3 is 19.7 Å². The topological polar surface area (TPSA) is 162 Å². The van der Waals surface area contributed by atoms with Crippen LogP contribution < -0.4 is 10.6 Å². The van der Waals surface area contributed by atoms with Crippen LogP contribution in [0, 0.1) is 13.8 Å². The van der Waals surface area contributed by atoms with Crippen molar-refractivity contribution < 1.29 is 18.6 Å². The number of hydrogen-bond acceptors (Lipinski definition) is 10. The third-order valence-electron chi connectivity index (χ3n) is 6.44. The molecule has 1 saturated carbocycles. The third-order valence-corrected chi connectivity index (χ3v) is 6.44. The van der Waals surface area contributed by atoms with Crippen LogP contribution in [0.4, 0.5) is 11.6 Å². The molecule has 196 valence electrons. The van der Waals surface area contributed by atoms with Crippen LogP contribution in [0.3, 0.4) is 0 Å². The molecule has 0 aromatic carbocycles. The highest BCUT2D eigenvalue weighted by Crippen LogP contribution is 2.40. The molecule has 0 spiro atoms. The maximum Gasteiger partial charge on any atom is 0.233 e. The highest BCUT2D eigenvalue weighted by atomic mass is 16.5. The number of aryl methyl sites for hydroxylation is 2. The number of carbonyl (C=O) groups is 2. The smallest absolute Gasteiger partial charge is 0.233 e. The summed E-state index contributed by atoms with van der Waals surface area (Å²) in [5.41, 5.74) is 3.23. The van der Waals surface area contributed by atoms with Gasteiger partial charge in [-0.15, -0.1) is 10.2 Å². The number of rotatable bonds is 8. The molecule has 1 aliphatic rings. The normalized spacial score (nSPS) is 17.2. The number of nitrogens with one attached hydrogen (secondary N) is 2. The largest absolute Gasteiger partial charge is 0.361 e. The predicted octanol–water partition coefficient (Wildman–Crippen LogP) is 3.66. The zero-order valence-electron chi connectivity index (χ0n) is 21.2. The Morgan fingerprint density at radius 1 is 0.763 bits per heavy atom. The van der Waals surface area contributed by atoms with Crippen LogP contribution >= 0.6 is 0 Å². The quantitative estimate of drug-likeness (QED) is 0.353. The van der Waals surface area contributed by atoms with E-state index in [0.29, 0.717) is 23.2 Å². The van der Waals surface area contributed by atoms with E-state index in [1.807, 2.05) is 12.1 Å². The van der Waals surface area contributed by atoms with Gasteiger partial charge in [0.05, 0.1) is 35.6 Å². The van der Waals surface area contributed by atoms with E-state index in [9.17, 15) is 9.59 Å². The van der Waals surface area contributed by atoms with Crippen molar-refractivity contribution in [3.8, 4) is 0 Å². The van der Waals surface area contributed by atoms with Gasteiger partial charge in [0.15, 0.2) is 11.6 Å². The summed E-state index contributed by atoms with van der Waals surface area (Å²) in [6.07, 6.45) is 4.08. The minimum Gasteiger partial charge on any atom is -0.361 e. The average molecular weight is 517 g/mol. The van der Waals surface area contributed by atoms with Gasteiger partial charge in [-0.3, -0.25) is 9.59 Å². The molecule has 2 atom stereocenters. The Bertz CT molecular complexity index is 1290. The van der Waals surface area contributed by atoms with Crippen molar-refractivity contribution >= 4 is 23.5 Å². The lowest BCUT2D eigenvalue weighted by molar-refractivity contribution is -0.116. The van der Waals surface area contributed by atoms with E-state index in [1.54, 1.807) is 38.1 Å². The standard InChI is InChI=1S/C26H28N8O4/c1-15-10-19(37-33-15)13-25(35)27-23-8-6-21(29-31-23)17-4-3-5-18(12-17)22-7-9-24(32-30-22)28-26(36)14-20-11-16(2)34-38-20/h6-11,17-18H,3-5,12-14H2,1-2H3,(H,27,31,35)(H,28,32,36)/t17-,18-/m0/s1. The van der Waals surface area contributed by atoms with Gasteiger partial charge in [0, 0.05) is 24.0 Å². The van der Waals surface area contributed by atoms with Crippen LogP contribution in [-0.2, 0) is 22.4 Å². The molecule has 0 bridgehead atoms. The molecule has 0 radical (unpaired) electrons. The van der Waals surface area contributed by atoms with Crippen molar-refractivity contribution in [3.05, 3.63) is 70.7 Å². The van der Waals surface area contributed by atoms with E-state index in [2.05, 4.69) is 41.3 Å². The fraction of sp³-hybridized carbons (Fsp3) is 0.385. The number of nitrogens with zero attached hydrogens (tertiary/aromatic N) is 6. The summed E-state index contributed by atoms with van der Waals surface area (Å²) in [6.45, 7) is 3.60. The van der Waals surface area contributed by atoms with Crippen LogP contribution in [0.1, 0.15) is 71.8 Å². The average Bonchev–Trinajstić information content (AvgIpc) is 3.51. The monoisotopic (exact) mass is 516 g/mol. The molecule has 1 fully saturated rings. The molecular formula is C26H28N8O4. The summed E-state index contributed by atoms with van der Waals surface area (Å²) in [6, 6.07) is 10.8. The Balaban J connectivity index is 1.14. The van der Waals surface area contributed by atoms with Gasteiger partial charge in [-0.25, -0.2) is 0 Å². The molecule has 12 heteroatoms. The van der Waals surface area contributed by atoms with Gasteiger partial charge in [0.2, 0.25) is 11.8 Å². The van der Waals surface area contributed by atoms with E-state index >= 15 is 0 Å². The lowest BCUT2D eigenvalue weighted by atomic mass is 9.78. The van der Waals surface area contributed by atoms with Gasteiger partial charge in [0.25, 0.3) is 0 Å². The fourth-order valence-corrected chi connectivity index (χ4v) is 4.67. The van der Waals surface area contributed by atoms with Crippen molar-refractivity contribution in [2.24, 2.45) is 0 Å². The first-order valence-electron chi connectivity index (χ1n) is 12.5. The molecule has 38 heavy (non-hydrogen) atoms. The van der Waals surface area contributed by atoms with Crippen LogP contribution in [0.15, 0.2) is 45.4 Å². The summed E-state index contributed by atoms with van der Waals surface area (Å²) in [5, 5.41) is 30.2. The summed E-state index contributed by atoms with van der Waals surface area (Å²) < 4.78 is 10.2. The first-order valence-corrected chi connectivity index (χ1v) is 12.5. The molecule has 12 nitrogen and oxygen atoms in total. The van der Waals surface area contributed by atoms with Crippen molar-refractivity contribution in [2.45, 2.75) is 64.2 Å². The number of carbonyl (C=O) groups excluding carboxylic acids is 2. The molecule has 1 aliphatic carbocycles. The Morgan fingerprint density at radius 3 is 1.61 bits per heavy atom. The maximum absolute atomic E-state index is 12.2. The van der Waals surface area contributed by atoms with E-state index in [4.69, 9.17) is 9.05 Å². The van der Waals surface area contributed by atoms with Gasteiger partial charge in [-0.2, -0.15) is 10.2 Å². The van der Waals surface area contributed by atoms with Gasteiger partial charge in [-0.1, -0.05) is 16.7 Å². The first kappa shape index (κ1) is 25.2. The second kappa shape index (κ2) is 11.3. The van der Waals surface area contributed by atoms with Crippen LogP contribution in [-0.4, -0.2) is 42.5 Å².